The van der Waals surface area contributed by atoms with Crippen LogP contribution in [-0.4, -0.2) is 13.0 Å². The van der Waals surface area contributed by atoms with Crippen molar-refractivity contribution in [2.75, 3.05) is 0 Å². The van der Waals surface area contributed by atoms with E-state index >= 15 is 0 Å². The summed E-state index contributed by atoms with van der Waals surface area (Å²) < 4.78 is 34.5. The molecule has 0 saturated carbocycles. The van der Waals surface area contributed by atoms with Crippen LogP contribution in [-0.2, 0) is 23.0 Å². The molecule has 1 aromatic carbocycles. The fourth-order valence-electron chi connectivity index (χ4n) is 3.27. The van der Waals surface area contributed by atoms with Gasteiger partial charge in [0.15, 0.2) is 0 Å². The maximum absolute atomic E-state index is 11.5. The molecule has 0 radical (unpaired) electrons. The third-order valence-electron chi connectivity index (χ3n) is 4.64. The van der Waals surface area contributed by atoms with E-state index in [0.717, 1.165) is 18.4 Å². The Morgan fingerprint density at radius 3 is 2.00 bits per heavy atom. The number of hydrogen-bond acceptors (Lipinski definition) is 3. The molecule has 0 bridgehead atoms. The zero-order valence-electron chi connectivity index (χ0n) is 16.6. The number of allylic oxidation sites excluding steroid dienone is 1. The molecule has 0 amide bonds. The first-order chi connectivity index (χ1) is 12.0. The molecule has 142 valence electrons. The molecule has 5 heteroatoms. The molecule has 3 nitrogen and oxygen atoms in total. The molecule has 0 aliphatic carbocycles. The van der Waals surface area contributed by atoms with Gasteiger partial charge in [-0.1, -0.05) is 82.9 Å². The van der Waals surface area contributed by atoms with E-state index in [9.17, 15) is 13.0 Å². The van der Waals surface area contributed by atoms with Gasteiger partial charge in [0.2, 0.25) is 0 Å². The van der Waals surface area contributed by atoms with Crippen LogP contribution in [0.5, 0.6) is 0 Å². The van der Waals surface area contributed by atoms with Crippen LogP contribution in [0.25, 0.3) is 0 Å². The average Bonchev–Trinajstić information content (AvgIpc) is 2.57. The van der Waals surface area contributed by atoms with Gasteiger partial charge in [0.05, 0.1) is 4.90 Å². The van der Waals surface area contributed by atoms with Crippen LogP contribution < -0.4 is 29.6 Å². The van der Waals surface area contributed by atoms with Gasteiger partial charge < -0.3 is 4.55 Å². The van der Waals surface area contributed by atoms with E-state index in [-0.39, 0.29) is 34.5 Å². The van der Waals surface area contributed by atoms with E-state index in [0.29, 0.717) is 18.4 Å². The zero-order valence-corrected chi connectivity index (χ0v) is 19.5. The zero-order chi connectivity index (χ0) is 18.5. The minimum atomic E-state index is -4.42. The Kier molecular flexibility index (Phi) is 14.8. The molecule has 0 aromatic heterocycles. The molecule has 0 fully saturated rings. The second-order valence-electron chi connectivity index (χ2n) is 6.77. The molecule has 0 aliphatic rings. The Hall–Kier alpha value is -0.130. The van der Waals surface area contributed by atoms with Crippen molar-refractivity contribution in [3.05, 3.63) is 42.0 Å². The van der Waals surface area contributed by atoms with E-state index < -0.39 is 10.1 Å². The summed E-state index contributed by atoms with van der Waals surface area (Å²) in [4.78, 5) is -0.0530. The van der Waals surface area contributed by atoms with Crippen LogP contribution in [0.1, 0.15) is 82.3 Å². The second kappa shape index (κ2) is 14.9. The van der Waals surface area contributed by atoms with Crippen molar-refractivity contribution >= 4 is 10.1 Å². The van der Waals surface area contributed by atoms with Crippen LogP contribution >= 0.6 is 0 Å². The van der Waals surface area contributed by atoms with Crippen LogP contribution in [0, 0.1) is 0 Å². The number of benzene rings is 1. The summed E-state index contributed by atoms with van der Waals surface area (Å²) in [6.07, 6.45) is 15.3. The van der Waals surface area contributed by atoms with E-state index in [1.165, 1.54) is 57.4 Å². The predicted octanol–water partition coefficient (Wildman–Crippen LogP) is 2.79. The van der Waals surface area contributed by atoms with Crippen molar-refractivity contribution in [3.8, 4) is 0 Å². The molecule has 1 rings (SSSR count). The smallest absolute Gasteiger partial charge is 0.744 e. The molecule has 0 saturated heterocycles. The van der Waals surface area contributed by atoms with Crippen molar-refractivity contribution in [3.63, 3.8) is 0 Å². The molecule has 0 spiro atoms. The molecule has 0 N–H and O–H groups in total. The summed E-state index contributed by atoms with van der Waals surface area (Å²) in [5.41, 5.74) is 1.60. The Labute approximate surface area is 182 Å². The number of unbranched alkanes of at least 4 members (excludes halogenated alkanes) is 9. The maximum Gasteiger partial charge on any atom is 1.00 e. The van der Waals surface area contributed by atoms with Gasteiger partial charge in [-0.25, -0.2) is 8.42 Å². The second-order valence-corrected chi connectivity index (χ2v) is 8.12. The quantitative estimate of drug-likeness (QED) is 0.213. The summed E-state index contributed by atoms with van der Waals surface area (Å²) in [5, 5.41) is 0. The molecule has 26 heavy (non-hydrogen) atoms. The van der Waals surface area contributed by atoms with Gasteiger partial charge in [0.1, 0.15) is 10.1 Å². The minimum absolute atomic E-state index is 0. The molecular formula is C21H33NaO3S. The van der Waals surface area contributed by atoms with Gasteiger partial charge >= 0.3 is 29.6 Å². The fourth-order valence-corrected chi connectivity index (χ4v) is 4.05. The largest absolute Gasteiger partial charge is 1.00 e. The van der Waals surface area contributed by atoms with Crippen LogP contribution in [0.3, 0.4) is 0 Å². The third-order valence-corrected chi connectivity index (χ3v) is 5.57. The SMILES string of the molecule is C=CCc1cccc(S(=O)(=O)[O-])c1CCCCCCCCCCCC.[Na+]. The minimum Gasteiger partial charge on any atom is -0.744 e. The van der Waals surface area contributed by atoms with Crippen LogP contribution in [0.2, 0.25) is 0 Å². The molecular weight excluding hydrogens is 355 g/mol. The molecule has 0 aliphatic heterocycles. The van der Waals surface area contributed by atoms with Crippen molar-refractivity contribution in [2.45, 2.75) is 88.9 Å². The fraction of sp³-hybridized carbons (Fsp3) is 0.619. The summed E-state index contributed by atoms with van der Waals surface area (Å²) in [6, 6.07) is 4.97. The van der Waals surface area contributed by atoms with Gasteiger partial charge in [-0.05, 0) is 36.5 Å². The van der Waals surface area contributed by atoms with Gasteiger partial charge in [-0.3, -0.25) is 0 Å². The summed E-state index contributed by atoms with van der Waals surface area (Å²) in [5.74, 6) is 0. The first kappa shape index (κ1) is 25.9. The monoisotopic (exact) mass is 388 g/mol. The first-order valence-electron chi connectivity index (χ1n) is 9.68. The summed E-state index contributed by atoms with van der Waals surface area (Å²) in [7, 11) is -4.42. The van der Waals surface area contributed by atoms with Crippen molar-refractivity contribution in [2.24, 2.45) is 0 Å². The van der Waals surface area contributed by atoms with Gasteiger partial charge in [0.25, 0.3) is 0 Å². The van der Waals surface area contributed by atoms with Gasteiger partial charge in [0, 0.05) is 0 Å². The maximum atomic E-state index is 11.5. The Morgan fingerprint density at radius 2 is 1.50 bits per heavy atom. The molecule has 1 aromatic rings. The van der Waals surface area contributed by atoms with E-state index in [4.69, 9.17) is 0 Å². The van der Waals surface area contributed by atoms with Crippen molar-refractivity contribution < 1.29 is 42.5 Å². The standard InChI is InChI=1S/C21H34O3S.Na/c1-3-5-6-7-8-9-10-11-12-13-17-20-19(15-4-2)16-14-18-21(20)25(22,23)24;/h4,14,16,18H,2-3,5-13,15,17H2,1H3,(H,22,23,24);/q;+1/p-1. The van der Waals surface area contributed by atoms with Crippen molar-refractivity contribution in [1.29, 1.82) is 0 Å². The summed E-state index contributed by atoms with van der Waals surface area (Å²) in [6.45, 7) is 5.95. The Bertz CT molecular complexity index is 612. The Balaban J connectivity index is 0.00000625. The van der Waals surface area contributed by atoms with Gasteiger partial charge in [-0.2, -0.15) is 0 Å². The average molecular weight is 389 g/mol. The van der Waals surface area contributed by atoms with Gasteiger partial charge in [-0.15, -0.1) is 6.58 Å². The third kappa shape index (κ3) is 10.3. The molecule has 0 atom stereocenters. The Morgan fingerprint density at radius 1 is 0.962 bits per heavy atom. The van der Waals surface area contributed by atoms with E-state index in [2.05, 4.69) is 13.5 Å². The number of hydrogen-bond donors (Lipinski definition) is 0. The van der Waals surface area contributed by atoms with Crippen molar-refractivity contribution in [1.82, 2.24) is 0 Å². The first-order valence-corrected chi connectivity index (χ1v) is 11.1. The van der Waals surface area contributed by atoms with E-state index in [1.54, 1.807) is 12.1 Å². The predicted molar refractivity (Wildman–Crippen MR) is 104 cm³/mol. The van der Waals surface area contributed by atoms with Crippen LogP contribution in [0.4, 0.5) is 0 Å². The molecule has 0 heterocycles. The summed E-state index contributed by atoms with van der Waals surface area (Å²) >= 11 is 0. The van der Waals surface area contributed by atoms with Crippen LogP contribution in [0.15, 0.2) is 35.7 Å². The normalized spacial score (nSPS) is 11.2. The number of rotatable bonds is 14. The van der Waals surface area contributed by atoms with E-state index in [1.807, 2.05) is 6.07 Å². The molecule has 0 unspecified atom stereocenters. The topological polar surface area (TPSA) is 57.2 Å².